The Balaban J connectivity index is 1.57. The van der Waals surface area contributed by atoms with Crippen LogP contribution in [-0.4, -0.2) is 24.6 Å². The number of benzene rings is 2. The van der Waals surface area contributed by atoms with Crippen LogP contribution in [0.2, 0.25) is 0 Å². The third kappa shape index (κ3) is 3.35. The molecule has 0 aliphatic heterocycles. The third-order valence-corrected chi connectivity index (χ3v) is 3.92. The number of carbonyl (C=O) groups is 1. The number of carbonyl (C=O) groups excluding carboxylic acids is 1. The number of hydrogen-bond acceptors (Lipinski definition) is 5. The minimum Gasteiger partial charge on any atom is -0.497 e. The second-order valence-corrected chi connectivity index (χ2v) is 5.53. The van der Waals surface area contributed by atoms with Gasteiger partial charge in [-0.1, -0.05) is 23.5 Å². The quantitative estimate of drug-likeness (QED) is 0.785. The zero-order valence-corrected chi connectivity index (χ0v) is 12.7. The first-order valence-electron chi connectivity index (χ1n) is 6.67. The van der Waals surface area contributed by atoms with Crippen molar-refractivity contribution in [3.63, 3.8) is 0 Å². The molecule has 3 rings (SSSR count). The van der Waals surface area contributed by atoms with Crippen LogP contribution in [0, 0.1) is 0 Å². The van der Waals surface area contributed by atoms with Crippen molar-refractivity contribution in [2.24, 2.45) is 0 Å². The van der Waals surface area contributed by atoms with Gasteiger partial charge in [-0.15, -0.1) is 0 Å². The molecule has 0 aliphatic carbocycles. The van der Waals surface area contributed by atoms with Gasteiger partial charge in [0.15, 0.2) is 11.7 Å². The van der Waals surface area contributed by atoms with Crippen molar-refractivity contribution in [3.05, 3.63) is 48.5 Å². The maximum absolute atomic E-state index is 11.9. The summed E-state index contributed by atoms with van der Waals surface area (Å²) in [6, 6.07) is 14.8. The highest BCUT2D eigenvalue weighted by molar-refractivity contribution is 7.22. The van der Waals surface area contributed by atoms with Crippen molar-refractivity contribution in [3.8, 4) is 11.5 Å². The molecule has 0 saturated heterocycles. The molecular formula is C16H14N2O3S. The summed E-state index contributed by atoms with van der Waals surface area (Å²) in [7, 11) is 1.60. The summed E-state index contributed by atoms with van der Waals surface area (Å²) in [4.78, 5) is 16.2. The SMILES string of the molecule is COc1ccc(OCC(=O)Nc2nc3ccccc3s2)cc1. The fourth-order valence-corrected chi connectivity index (χ4v) is 2.78. The summed E-state index contributed by atoms with van der Waals surface area (Å²) in [5.41, 5.74) is 0.874. The molecule has 3 aromatic rings. The molecule has 1 N–H and O–H groups in total. The van der Waals surface area contributed by atoms with E-state index in [1.54, 1.807) is 31.4 Å². The Labute approximate surface area is 131 Å². The first-order chi connectivity index (χ1) is 10.7. The molecule has 0 radical (unpaired) electrons. The molecule has 0 spiro atoms. The fraction of sp³-hybridized carbons (Fsp3) is 0.125. The normalized spacial score (nSPS) is 10.4. The van der Waals surface area contributed by atoms with E-state index < -0.39 is 0 Å². The average molecular weight is 314 g/mol. The maximum Gasteiger partial charge on any atom is 0.264 e. The second kappa shape index (κ2) is 6.44. The van der Waals surface area contributed by atoms with Gasteiger partial charge in [-0.3, -0.25) is 10.1 Å². The number of thiazole rings is 1. The van der Waals surface area contributed by atoms with Gasteiger partial charge >= 0.3 is 0 Å². The van der Waals surface area contributed by atoms with E-state index >= 15 is 0 Å². The van der Waals surface area contributed by atoms with Crippen LogP contribution in [-0.2, 0) is 4.79 Å². The molecule has 1 aromatic heterocycles. The summed E-state index contributed by atoms with van der Waals surface area (Å²) in [6.45, 7) is -0.0672. The van der Waals surface area contributed by atoms with E-state index in [0.717, 1.165) is 16.0 Å². The Kier molecular flexibility index (Phi) is 4.20. The lowest BCUT2D eigenvalue weighted by Gasteiger charge is -2.06. The summed E-state index contributed by atoms with van der Waals surface area (Å²) < 4.78 is 11.5. The number of nitrogens with one attached hydrogen (secondary N) is 1. The molecule has 0 fully saturated rings. The van der Waals surface area contributed by atoms with E-state index in [-0.39, 0.29) is 12.5 Å². The Hall–Kier alpha value is -2.60. The Morgan fingerprint density at radius 3 is 2.59 bits per heavy atom. The van der Waals surface area contributed by atoms with Crippen LogP contribution in [0.4, 0.5) is 5.13 Å². The smallest absolute Gasteiger partial charge is 0.264 e. The molecule has 0 atom stereocenters. The number of aromatic nitrogens is 1. The number of ether oxygens (including phenoxy) is 2. The average Bonchev–Trinajstić information content (AvgIpc) is 2.95. The summed E-state index contributed by atoms with van der Waals surface area (Å²) in [5, 5.41) is 3.32. The number of rotatable bonds is 5. The molecule has 1 amide bonds. The van der Waals surface area contributed by atoms with Crippen LogP contribution in [0.25, 0.3) is 10.2 Å². The van der Waals surface area contributed by atoms with Crippen LogP contribution in [0.3, 0.4) is 0 Å². The van der Waals surface area contributed by atoms with Gasteiger partial charge in [0.25, 0.3) is 5.91 Å². The van der Waals surface area contributed by atoms with E-state index in [9.17, 15) is 4.79 Å². The number of para-hydroxylation sites is 1. The van der Waals surface area contributed by atoms with Gasteiger partial charge in [-0.25, -0.2) is 4.98 Å². The second-order valence-electron chi connectivity index (χ2n) is 4.50. The van der Waals surface area contributed by atoms with E-state index in [0.29, 0.717) is 10.9 Å². The van der Waals surface area contributed by atoms with Crippen molar-refractivity contribution in [1.29, 1.82) is 0 Å². The van der Waals surface area contributed by atoms with Crippen molar-refractivity contribution in [1.82, 2.24) is 4.98 Å². The Morgan fingerprint density at radius 2 is 1.86 bits per heavy atom. The number of fused-ring (bicyclic) bond motifs is 1. The zero-order valence-electron chi connectivity index (χ0n) is 11.9. The lowest BCUT2D eigenvalue weighted by Crippen LogP contribution is -2.19. The minimum atomic E-state index is -0.241. The summed E-state index contributed by atoms with van der Waals surface area (Å²) in [6.07, 6.45) is 0. The molecule has 112 valence electrons. The molecule has 0 saturated carbocycles. The molecular weight excluding hydrogens is 300 g/mol. The molecule has 22 heavy (non-hydrogen) atoms. The van der Waals surface area contributed by atoms with Crippen molar-refractivity contribution >= 4 is 32.6 Å². The highest BCUT2D eigenvalue weighted by atomic mass is 32.1. The van der Waals surface area contributed by atoms with Gasteiger partial charge in [0.1, 0.15) is 11.5 Å². The van der Waals surface area contributed by atoms with E-state index in [2.05, 4.69) is 10.3 Å². The van der Waals surface area contributed by atoms with Gasteiger partial charge in [0.05, 0.1) is 17.3 Å². The molecule has 2 aromatic carbocycles. The van der Waals surface area contributed by atoms with Gasteiger partial charge < -0.3 is 9.47 Å². The van der Waals surface area contributed by atoms with E-state index in [4.69, 9.17) is 9.47 Å². The number of amides is 1. The molecule has 0 aliphatic rings. The minimum absolute atomic E-state index is 0.0672. The van der Waals surface area contributed by atoms with Crippen molar-refractivity contribution in [2.75, 3.05) is 19.0 Å². The van der Waals surface area contributed by atoms with Gasteiger partial charge in [0.2, 0.25) is 0 Å². The number of nitrogens with zero attached hydrogens (tertiary/aromatic N) is 1. The lowest BCUT2D eigenvalue weighted by atomic mass is 10.3. The molecule has 1 heterocycles. The topological polar surface area (TPSA) is 60.5 Å². The van der Waals surface area contributed by atoms with Gasteiger partial charge in [-0.2, -0.15) is 0 Å². The summed E-state index contributed by atoms with van der Waals surface area (Å²) >= 11 is 1.44. The van der Waals surface area contributed by atoms with Crippen molar-refractivity contribution < 1.29 is 14.3 Å². The number of methoxy groups -OCH3 is 1. The standard InChI is InChI=1S/C16H14N2O3S/c1-20-11-6-8-12(9-7-11)21-10-15(19)18-16-17-13-4-2-3-5-14(13)22-16/h2-9H,10H2,1H3,(H,17,18,19). The fourth-order valence-electron chi connectivity index (χ4n) is 1.90. The zero-order chi connectivity index (χ0) is 15.4. The van der Waals surface area contributed by atoms with Crippen molar-refractivity contribution in [2.45, 2.75) is 0 Å². The molecule has 0 bridgehead atoms. The number of anilines is 1. The van der Waals surface area contributed by atoms with E-state index in [1.807, 2.05) is 24.3 Å². The lowest BCUT2D eigenvalue weighted by molar-refractivity contribution is -0.118. The monoisotopic (exact) mass is 314 g/mol. The molecule has 0 unspecified atom stereocenters. The first-order valence-corrected chi connectivity index (χ1v) is 7.48. The van der Waals surface area contributed by atoms with Crippen LogP contribution in [0.5, 0.6) is 11.5 Å². The van der Waals surface area contributed by atoms with Crippen LogP contribution in [0.1, 0.15) is 0 Å². The van der Waals surface area contributed by atoms with Crippen LogP contribution >= 0.6 is 11.3 Å². The van der Waals surface area contributed by atoms with Gasteiger partial charge in [0, 0.05) is 0 Å². The highest BCUT2D eigenvalue weighted by Gasteiger charge is 2.08. The van der Waals surface area contributed by atoms with Crippen LogP contribution < -0.4 is 14.8 Å². The maximum atomic E-state index is 11.9. The third-order valence-electron chi connectivity index (χ3n) is 2.97. The Morgan fingerprint density at radius 1 is 1.14 bits per heavy atom. The highest BCUT2D eigenvalue weighted by Crippen LogP contribution is 2.25. The predicted molar refractivity (Wildman–Crippen MR) is 86.7 cm³/mol. The largest absolute Gasteiger partial charge is 0.497 e. The van der Waals surface area contributed by atoms with Gasteiger partial charge in [-0.05, 0) is 36.4 Å². The first kappa shape index (κ1) is 14.3. The Bertz CT molecular complexity index is 750. The molecule has 5 nitrogen and oxygen atoms in total. The predicted octanol–water partition coefficient (Wildman–Crippen LogP) is 3.32. The molecule has 6 heteroatoms. The van der Waals surface area contributed by atoms with Crippen LogP contribution in [0.15, 0.2) is 48.5 Å². The van der Waals surface area contributed by atoms with E-state index in [1.165, 1.54) is 11.3 Å². The number of hydrogen-bond donors (Lipinski definition) is 1. The summed E-state index contributed by atoms with van der Waals surface area (Å²) in [5.74, 6) is 1.11.